The number of carbonyl (C=O) groups is 1. The van der Waals surface area contributed by atoms with Crippen molar-refractivity contribution in [2.45, 2.75) is 13.3 Å². The van der Waals surface area contributed by atoms with Crippen LogP contribution in [0, 0.1) is 0 Å². The number of nitrogens with zero attached hydrogens (tertiary/aromatic N) is 2. The first-order chi connectivity index (χ1) is 13.7. The molecule has 6 nitrogen and oxygen atoms in total. The number of hydrogen-bond donors (Lipinski definition) is 1. The Morgan fingerprint density at radius 2 is 1.71 bits per heavy atom. The van der Waals surface area contributed by atoms with Gasteiger partial charge in [0.25, 0.3) is 0 Å². The first-order valence-electron chi connectivity index (χ1n) is 9.25. The molecule has 3 aromatic rings. The monoisotopic (exact) mass is 377 g/mol. The molecule has 144 valence electrons. The summed E-state index contributed by atoms with van der Waals surface area (Å²) in [6.45, 7) is 3.33. The van der Waals surface area contributed by atoms with E-state index in [2.05, 4.69) is 15.5 Å². The third-order valence-corrected chi connectivity index (χ3v) is 3.98. The van der Waals surface area contributed by atoms with Crippen molar-refractivity contribution in [1.29, 1.82) is 0 Å². The standard InChI is InChI=1S/C22H23N3O3/c1-2-27-19-10-8-18(9-11-19)20-12-13-22(25-24-20)28-15-14-23-21(26)16-17-6-4-3-5-7-17/h3-13H,2,14-16H2,1H3,(H,23,26). The van der Waals surface area contributed by atoms with Gasteiger partial charge in [0.1, 0.15) is 12.4 Å². The number of aromatic nitrogens is 2. The van der Waals surface area contributed by atoms with Crippen molar-refractivity contribution < 1.29 is 14.3 Å². The highest BCUT2D eigenvalue weighted by atomic mass is 16.5. The molecule has 0 aliphatic heterocycles. The second-order valence-electron chi connectivity index (χ2n) is 6.07. The smallest absolute Gasteiger partial charge is 0.233 e. The van der Waals surface area contributed by atoms with Gasteiger partial charge >= 0.3 is 0 Å². The van der Waals surface area contributed by atoms with E-state index in [-0.39, 0.29) is 5.91 Å². The number of rotatable bonds is 9. The quantitative estimate of drug-likeness (QED) is 0.579. The molecule has 1 N–H and O–H groups in total. The maximum atomic E-state index is 11.9. The fraction of sp³-hybridized carbons (Fsp3) is 0.227. The number of amides is 1. The number of carbonyl (C=O) groups excluding carboxylic acids is 1. The van der Waals surface area contributed by atoms with Crippen LogP contribution in [0.25, 0.3) is 11.3 Å². The summed E-state index contributed by atoms with van der Waals surface area (Å²) >= 11 is 0. The SMILES string of the molecule is CCOc1ccc(-c2ccc(OCCNC(=O)Cc3ccccc3)nn2)cc1. The summed E-state index contributed by atoms with van der Waals surface area (Å²) in [5.74, 6) is 1.22. The summed E-state index contributed by atoms with van der Waals surface area (Å²) in [5.41, 5.74) is 2.69. The van der Waals surface area contributed by atoms with Crippen LogP contribution in [0.4, 0.5) is 0 Å². The minimum Gasteiger partial charge on any atom is -0.494 e. The highest BCUT2D eigenvalue weighted by Gasteiger charge is 2.04. The second-order valence-corrected chi connectivity index (χ2v) is 6.07. The average Bonchev–Trinajstić information content (AvgIpc) is 2.73. The molecule has 1 heterocycles. The molecule has 1 amide bonds. The lowest BCUT2D eigenvalue weighted by Gasteiger charge is -2.08. The number of nitrogens with one attached hydrogen (secondary N) is 1. The van der Waals surface area contributed by atoms with Crippen molar-refractivity contribution in [2.75, 3.05) is 19.8 Å². The third-order valence-electron chi connectivity index (χ3n) is 3.98. The summed E-state index contributed by atoms with van der Waals surface area (Å²) in [6, 6.07) is 20.9. The van der Waals surface area contributed by atoms with E-state index in [9.17, 15) is 4.79 Å². The summed E-state index contributed by atoms with van der Waals surface area (Å²) < 4.78 is 11.0. The molecule has 0 bridgehead atoms. The second kappa shape index (κ2) is 10.1. The highest BCUT2D eigenvalue weighted by molar-refractivity contribution is 5.78. The Kier molecular flexibility index (Phi) is 6.95. The van der Waals surface area contributed by atoms with Crippen LogP contribution in [0.5, 0.6) is 11.6 Å². The van der Waals surface area contributed by atoms with Crippen LogP contribution in [0.1, 0.15) is 12.5 Å². The minimum absolute atomic E-state index is 0.0354. The summed E-state index contributed by atoms with van der Waals surface area (Å²) in [5, 5.41) is 11.1. The maximum Gasteiger partial charge on any atom is 0.233 e. The molecule has 1 aromatic heterocycles. The van der Waals surface area contributed by atoms with Crippen LogP contribution in [0.3, 0.4) is 0 Å². The molecule has 0 aliphatic rings. The third kappa shape index (κ3) is 5.81. The van der Waals surface area contributed by atoms with Gasteiger partial charge in [-0.15, -0.1) is 10.2 Å². The Labute approximate surface area is 164 Å². The lowest BCUT2D eigenvalue weighted by atomic mass is 10.1. The summed E-state index contributed by atoms with van der Waals surface area (Å²) in [7, 11) is 0. The van der Waals surface area contributed by atoms with E-state index in [0.29, 0.717) is 32.1 Å². The molecule has 0 saturated heterocycles. The zero-order chi connectivity index (χ0) is 19.6. The number of benzene rings is 2. The van der Waals surface area contributed by atoms with Crippen LogP contribution in [0.15, 0.2) is 66.7 Å². The summed E-state index contributed by atoms with van der Waals surface area (Å²) in [4.78, 5) is 11.9. The molecule has 0 radical (unpaired) electrons. The highest BCUT2D eigenvalue weighted by Crippen LogP contribution is 2.21. The number of ether oxygens (including phenoxy) is 2. The van der Waals surface area contributed by atoms with Crippen molar-refractivity contribution in [3.63, 3.8) is 0 Å². The van der Waals surface area contributed by atoms with Gasteiger partial charge in [-0.3, -0.25) is 4.79 Å². The van der Waals surface area contributed by atoms with Crippen LogP contribution >= 0.6 is 0 Å². The number of hydrogen-bond acceptors (Lipinski definition) is 5. The molecule has 0 atom stereocenters. The van der Waals surface area contributed by atoms with E-state index in [1.165, 1.54) is 0 Å². The van der Waals surface area contributed by atoms with Crippen molar-refractivity contribution in [1.82, 2.24) is 15.5 Å². The largest absolute Gasteiger partial charge is 0.494 e. The zero-order valence-electron chi connectivity index (χ0n) is 15.8. The lowest BCUT2D eigenvalue weighted by molar-refractivity contribution is -0.120. The van der Waals surface area contributed by atoms with Crippen molar-refractivity contribution in [3.8, 4) is 22.9 Å². The van der Waals surface area contributed by atoms with E-state index in [1.807, 2.05) is 67.6 Å². The van der Waals surface area contributed by atoms with Gasteiger partial charge in [-0.05, 0) is 42.8 Å². The molecule has 0 aliphatic carbocycles. The minimum atomic E-state index is -0.0354. The zero-order valence-corrected chi connectivity index (χ0v) is 15.8. The molecule has 0 saturated carbocycles. The Bertz CT molecular complexity index is 866. The first kappa shape index (κ1) is 19.4. The molecule has 3 rings (SSSR count). The van der Waals surface area contributed by atoms with Gasteiger partial charge in [0.15, 0.2) is 0 Å². The Hall–Kier alpha value is -3.41. The molecular formula is C22H23N3O3. The van der Waals surface area contributed by atoms with Gasteiger partial charge in [-0.25, -0.2) is 0 Å². The predicted molar refractivity (Wildman–Crippen MR) is 107 cm³/mol. The van der Waals surface area contributed by atoms with Crippen LogP contribution in [-0.4, -0.2) is 35.9 Å². The Morgan fingerprint density at radius 3 is 2.39 bits per heavy atom. The van der Waals surface area contributed by atoms with E-state index in [0.717, 1.165) is 22.6 Å². The van der Waals surface area contributed by atoms with Gasteiger partial charge in [0.2, 0.25) is 11.8 Å². The average molecular weight is 377 g/mol. The fourth-order valence-electron chi connectivity index (χ4n) is 2.63. The van der Waals surface area contributed by atoms with Crippen LogP contribution < -0.4 is 14.8 Å². The van der Waals surface area contributed by atoms with Crippen molar-refractivity contribution in [3.05, 3.63) is 72.3 Å². The molecule has 0 unspecified atom stereocenters. The Morgan fingerprint density at radius 1 is 0.929 bits per heavy atom. The van der Waals surface area contributed by atoms with E-state index in [1.54, 1.807) is 6.07 Å². The molecule has 0 fully saturated rings. The topological polar surface area (TPSA) is 73.3 Å². The maximum absolute atomic E-state index is 11.9. The normalized spacial score (nSPS) is 10.3. The van der Waals surface area contributed by atoms with Gasteiger partial charge in [0, 0.05) is 11.6 Å². The van der Waals surface area contributed by atoms with Crippen molar-refractivity contribution in [2.24, 2.45) is 0 Å². The van der Waals surface area contributed by atoms with Gasteiger partial charge < -0.3 is 14.8 Å². The van der Waals surface area contributed by atoms with Gasteiger partial charge in [-0.2, -0.15) is 0 Å². The van der Waals surface area contributed by atoms with Gasteiger partial charge in [0.05, 0.1) is 25.3 Å². The molecule has 2 aromatic carbocycles. The Balaban J connectivity index is 1.42. The molecule has 0 spiro atoms. The van der Waals surface area contributed by atoms with E-state index in [4.69, 9.17) is 9.47 Å². The predicted octanol–water partition coefficient (Wildman–Crippen LogP) is 3.28. The molecule has 6 heteroatoms. The first-order valence-corrected chi connectivity index (χ1v) is 9.25. The van der Waals surface area contributed by atoms with Crippen LogP contribution in [0.2, 0.25) is 0 Å². The molecule has 28 heavy (non-hydrogen) atoms. The van der Waals surface area contributed by atoms with Crippen molar-refractivity contribution >= 4 is 5.91 Å². The molecular weight excluding hydrogens is 354 g/mol. The summed E-state index contributed by atoms with van der Waals surface area (Å²) in [6.07, 6.45) is 0.359. The van der Waals surface area contributed by atoms with Gasteiger partial charge in [-0.1, -0.05) is 30.3 Å². The van der Waals surface area contributed by atoms with Crippen LogP contribution in [-0.2, 0) is 11.2 Å². The lowest BCUT2D eigenvalue weighted by Crippen LogP contribution is -2.29. The van der Waals surface area contributed by atoms with E-state index < -0.39 is 0 Å². The fourth-order valence-corrected chi connectivity index (χ4v) is 2.63. The van der Waals surface area contributed by atoms with E-state index >= 15 is 0 Å².